The predicted molar refractivity (Wildman–Crippen MR) is 73.3 cm³/mol. The van der Waals surface area contributed by atoms with Crippen LogP contribution < -0.4 is 10.5 Å². The van der Waals surface area contributed by atoms with Crippen molar-refractivity contribution in [3.8, 4) is 11.8 Å². The lowest BCUT2D eigenvalue weighted by molar-refractivity contribution is -0.385. The van der Waals surface area contributed by atoms with Gasteiger partial charge < -0.3 is 10.5 Å². The zero-order chi connectivity index (χ0) is 14.5. The van der Waals surface area contributed by atoms with E-state index in [9.17, 15) is 10.1 Å². The van der Waals surface area contributed by atoms with E-state index in [0.717, 1.165) is 32.1 Å². The summed E-state index contributed by atoms with van der Waals surface area (Å²) >= 11 is 0. The summed E-state index contributed by atoms with van der Waals surface area (Å²) in [5, 5.41) is 19.7. The Morgan fingerprint density at radius 3 is 2.80 bits per heavy atom. The molecule has 0 aliphatic heterocycles. The molecule has 0 amide bonds. The van der Waals surface area contributed by atoms with Crippen LogP contribution in [0.3, 0.4) is 0 Å². The molecule has 106 valence electrons. The number of hydrogen-bond donors (Lipinski definition) is 1. The Kier molecular flexibility index (Phi) is 4.53. The zero-order valence-electron chi connectivity index (χ0n) is 11.1. The summed E-state index contributed by atoms with van der Waals surface area (Å²) in [5.41, 5.74) is 5.88. The maximum absolute atomic E-state index is 10.8. The zero-order valence-corrected chi connectivity index (χ0v) is 11.1. The summed E-state index contributed by atoms with van der Waals surface area (Å²) < 4.78 is 5.83. The van der Waals surface area contributed by atoms with Gasteiger partial charge in [0, 0.05) is 18.2 Å². The van der Waals surface area contributed by atoms with Gasteiger partial charge in [0.15, 0.2) is 0 Å². The molecule has 0 radical (unpaired) electrons. The van der Waals surface area contributed by atoms with Crippen molar-refractivity contribution >= 4 is 5.69 Å². The van der Waals surface area contributed by atoms with E-state index in [4.69, 9.17) is 15.7 Å². The molecule has 2 atom stereocenters. The summed E-state index contributed by atoms with van der Waals surface area (Å²) in [6.45, 7) is 0. The van der Waals surface area contributed by atoms with Crippen molar-refractivity contribution < 1.29 is 9.66 Å². The third kappa shape index (κ3) is 3.25. The first kappa shape index (κ1) is 14.3. The molecular formula is C14H17N3O3. The maximum atomic E-state index is 10.8. The third-order valence-electron chi connectivity index (χ3n) is 3.58. The number of nitro groups is 1. The van der Waals surface area contributed by atoms with Gasteiger partial charge >= 0.3 is 0 Å². The van der Waals surface area contributed by atoms with E-state index < -0.39 is 4.92 Å². The van der Waals surface area contributed by atoms with Crippen molar-refractivity contribution in [2.75, 3.05) is 0 Å². The van der Waals surface area contributed by atoms with Crippen LogP contribution in [0.1, 0.15) is 37.7 Å². The Hall–Kier alpha value is -2.13. The molecule has 1 aliphatic carbocycles. The summed E-state index contributed by atoms with van der Waals surface area (Å²) in [6, 6.07) is 6.03. The number of nitro benzene ring substituents is 1. The molecule has 1 aliphatic rings. The summed E-state index contributed by atoms with van der Waals surface area (Å²) in [5.74, 6) is 0.467. The lowest BCUT2D eigenvalue weighted by atomic mass is 10.1. The van der Waals surface area contributed by atoms with Crippen molar-refractivity contribution in [3.63, 3.8) is 0 Å². The second-order valence-corrected chi connectivity index (χ2v) is 5.01. The van der Waals surface area contributed by atoms with Gasteiger partial charge in [0.1, 0.15) is 23.5 Å². The van der Waals surface area contributed by atoms with E-state index in [1.165, 1.54) is 18.2 Å². The number of rotatable bonds is 3. The fraction of sp³-hybridized carbons (Fsp3) is 0.500. The van der Waals surface area contributed by atoms with E-state index in [2.05, 4.69) is 0 Å². The van der Waals surface area contributed by atoms with Crippen molar-refractivity contribution in [1.29, 1.82) is 5.26 Å². The summed E-state index contributed by atoms with van der Waals surface area (Å²) in [7, 11) is 0. The lowest BCUT2D eigenvalue weighted by Crippen LogP contribution is -2.37. The second kappa shape index (κ2) is 6.35. The van der Waals surface area contributed by atoms with Crippen LogP contribution in [0.5, 0.6) is 5.75 Å². The number of benzene rings is 1. The van der Waals surface area contributed by atoms with Crippen LogP contribution in [0, 0.1) is 21.4 Å². The highest BCUT2D eigenvalue weighted by Gasteiger charge is 2.23. The number of nitriles is 1. The van der Waals surface area contributed by atoms with E-state index in [1.807, 2.05) is 6.07 Å². The highest BCUT2D eigenvalue weighted by atomic mass is 16.6. The van der Waals surface area contributed by atoms with Crippen LogP contribution in [0.2, 0.25) is 0 Å². The van der Waals surface area contributed by atoms with Gasteiger partial charge in [-0.2, -0.15) is 5.26 Å². The summed E-state index contributed by atoms with van der Waals surface area (Å²) in [4.78, 5) is 10.2. The molecule has 6 heteroatoms. The number of hydrogen-bond acceptors (Lipinski definition) is 5. The van der Waals surface area contributed by atoms with Crippen LogP contribution in [0.15, 0.2) is 18.2 Å². The molecule has 2 rings (SSSR count). The minimum atomic E-state index is -0.570. The molecule has 6 nitrogen and oxygen atoms in total. The quantitative estimate of drug-likeness (QED) is 0.518. The second-order valence-electron chi connectivity index (χ2n) is 5.01. The topological polar surface area (TPSA) is 102 Å². The Morgan fingerprint density at radius 1 is 1.35 bits per heavy atom. The minimum absolute atomic E-state index is 0.00898. The first-order valence-corrected chi connectivity index (χ1v) is 6.72. The molecule has 1 saturated carbocycles. The van der Waals surface area contributed by atoms with Crippen molar-refractivity contribution in [1.82, 2.24) is 0 Å². The van der Waals surface area contributed by atoms with E-state index >= 15 is 0 Å². The molecule has 0 spiro atoms. The number of nitrogens with zero attached hydrogens (tertiary/aromatic N) is 2. The van der Waals surface area contributed by atoms with Gasteiger partial charge in [-0.15, -0.1) is 0 Å². The minimum Gasteiger partial charge on any atom is -0.489 e. The van der Waals surface area contributed by atoms with Gasteiger partial charge in [0.2, 0.25) is 0 Å². The van der Waals surface area contributed by atoms with Gasteiger partial charge in [-0.25, -0.2) is 0 Å². The normalized spacial score (nSPS) is 22.6. The molecular weight excluding hydrogens is 258 g/mol. The van der Waals surface area contributed by atoms with Gasteiger partial charge in [-0.05, 0) is 25.3 Å². The number of nitrogens with two attached hydrogens (primary N) is 1. The Balaban J connectivity index is 2.17. The van der Waals surface area contributed by atoms with Crippen LogP contribution in [0.25, 0.3) is 0 Å². The van der Waals surface area contributed by atoms with Crippen LogP contribution in [0.4, 0.5) is 5.69 Å². The molecule has 0 heterocycles. The highest BCUT2D eigenvalue weighted by molar-refractivity contribution is 5.52. The standard InChI is InChI=1S/C14H17N3O3/c15-9-10-8-11(6-7-13(10)17(18)19)20-14-5-3-1-2-4-12(14)16/h6-8,12,14H,1-5,16H2. The van der Waals surface area contributed by atoms with Gasteiger partial charge in [-0.1, -0.05) is 12.8 Å². The third-order valence-corrected chi connectivity index (χ3v) is 3.58. The van der Waals surface area contributed by atoms with Crippen molar-refractivity contribution in [3.05, 3.63) is 33.9 Å². The molecule has 0 bridgehead atoms. The Labute approximate surface area is 117 Å². The average molecular weight is 275 g/mol. The molecule has 0 aromatic heterocycles. The first-order chi connectivity index (χ1) is 9.61. The average Bonchev–Trinajstić information content (AvgIpc) is 2.64. The van der Waals surface area contributed by atoms with Crippen LogP contribution in [-0.4, -0.2) is 17.1 Å². The first-order valence-electron chi connectivity index (χ1n) is 6.72. The largest absolute Gasteiger partial charge is 0.489 e. The molecule has 1 aromatic rings. The van der Waals surface area contributed by atoms with Gasteiger partial charge in [0.05, 0.1) is 4.92 Å². The predicted octanol–water partition coefficient (Wildman–Crippen LogP) is 2.51. The SMILES string of the molecule is N#Cc1cc(OC2CCCCCC2N)ccc1[N+](=O)[O-]. The fourth-order valence-corrected chi connectivity index (χ4v) is 2.46. The van der Waals surface area contributed by atoms with Crippen LogP contribution >= 0.6 is 0 Å². The Bertz CT molecular complexity index is 539. The Morgan fingerprint density at radius 2 is 2.10 bits per heavy atom. The maximum Gasteiger partial charge on any atom is 0.287 e. The lowest BCUT2D eigenvalue weighted by Gasteiger charge is -2.22. The van der Waals surface area contributed by atoms with Crippen molar-refractivity contribution in [2.45, 2.75) is 44.2 Å². The number of ether oxygens (including phenoxy) is 1. The fourth-order valence-electron chi connectivity index (χ4n) is 2.46. The van der Waals surface area contributed by atoms with Gasteiger partial charge in [-0.3, -0.25) is 10.1 Å². The van der Waals surface area contributed by atoms with E-state index in [1.54, 1.807) is 0 Å². The monoisotopic (exact) mass is 275 g/mol. The molecule has 2 N–H and O–H groups in total. The highest BCUT2D eigenvalue weighted by Crippen LogP contribution is 2.26. The van der Waals surface area contributed by atoms with E-state index in [-0.39, 0.29) is 23.4 Å². The summed E-state index contributed by atoms with van der Waals surface area (Å²) in [6.07, 6.45) is 5.02. The van der Waals surface area contributed by atoms with Gasteiger partial charge in [0.25, 0.3) is 5.69 Å². The molecule has 20 heavy (non-hydrogen) atoms. The van der Waals surface area contributed by atoms with E-state index in [0.29, 0.717) is 5.75 Å². The molecule has 1 fully saturated rings. The molecule has 2 unspecified atom stereocenters. The molecule has 0 saturated heterocycles. The van der Waals surface area contributed by atoms with Crippen molar-refractivity contribution in [2.24, 2.45) is 5.73 Å². The molecule has 1 aromatic carbocycles. The van der Waals surface area contributed by atoms with Crippen LogP contribution in [-0.2, 0) is 0 Å². The smallest absolute Gasteiger partial charge is 0.287 e.